The van der Waals surface area contributed by atoms with Gasteiger partial charge >= 0.3 is 12.3 Å². The number of amides is 1. The van der Waals surface area contributed by atoms with Gasteiger partial charge in [-0.2, -0.15) is 4.84 Å². The maximum Gasteiger partial charge on any atom is 0.544 e. The summed E-state index contributed by atoms with van der Waals surface area (Å²) >= 11 is 0. The first-order chi connectivity index (χ1) is 22.2. The summed E-state index contributed by atoms with van der Waals surface area (Å²) < 4.78 is 57.1. The lowest BCUT2D eigenvalue weighted by molar-refractivity contribution is -0.401. The highest BCUT2D eigenvalue weighted by atomic mass is 19.4. The van der Waals surface area contributed by atoms with E-state index in [-0.39, 0.29) is 35.6 Å². The summed E-state index contributed by atoms with van der Waals surface area (Å²) in [5.41, 5.74) is 2.44. The molecule has 0 saturated heterocycles. The Morgan fingerprint density at radius 2 is 1.43 bits per heavy atom. The molecule has 0 bridgehead atoms. The average Bonchev–Trinajstić information content (AvgIpc) is 3.35. The zero-order valence-electron chi connectivity index (χ0n) is 25.8. The molecule has 1 aromatic heterocycles. The topological polar surface area (TPSA) is 112 Å². The van der Waals surface area contributed by atoms with Crippen molar-refractivity contribution < 1.29 is 47.3 Å². The molecule has 0 aliphatic rings. The van der Waals surface area contributed by atoms with Crippen LogP contribution in [0.3, 0.4) is 0 Å². The molecule has 2 atom stereocenters. The summed E-state index contributed by atoms with van der Waals surface area (Å²) in [5, 5.41) is 30.1. The molecule has 8 nitrogen and oxygen atoms in total. The first kappa shape index (κ1) is 35.3. The molecule has 250 valence electrons. The highest BCUT2D eigenvalue weighted by Crippen LogP contribution is 2.43. The fourth-order valence-corrected chi connectivity index (χ4v) is 5.64. The van der Waals surface area contributed by atoms with Crippen molar-refractivity contribution in [1.29, 1.82) is 0 Å². The molecule has 1 heterocycles. The Kier molecular flexibility index (Phi) is 11.6. The normalized spacial score (nSPS) is 13.0. The van der Waals surface area contributed by atoms with Gasteiger partial charge in [0, 0.05) is 22.9 Å². The maximum atomic E-state index is 14.5. The van der Waals surface area contributed by atoms with Gasteiger partial charge in [-0.15, -0.1) is 13.2 Å². The average molecular weight is 657 g/mol. The van der Waals surface area contributed by atoms with Crippen LogP contribution in [0.15, 0.2) is 84.9 Å². The number of hydrogen-bond acceptors (Lipinski definition) is 5. The third kappa shape index (κ3) is 9.28. The summed E-state index contributed by atoms with van der Waals surface area (Å²) in [7, 11) is 0. The van der Waals surface area contributed by atoms with Gasteiger partial charge in [0.25, 0.3) is 5.91 Å². The number of hydrogen-bond donors (Lipinski definition) is 3. The number of hydroxylamine groups is 2. The molecule has 12 heteroatoms. The second kappa shape index (κ2) is 15.4. The summed E-state index contributed by atoms with van der Waals surface area (Å²) in [6.07, 6.45) is -8.37. The van der Waals surface area contributed by atoms with E-state index in [1.54, 1.807) is 79.1 Å². The number of carboxylic acids is 1. The second-order valence-electron chi connectivity index (χ2n) is 11.4. The van der Waals surface area contributed by atoms with Crippen molar-refractivity contribution in [3.8, 4) is 22.3 Å². The monoisotopic (exact) mass is 656 g/mol. The Labute approximate surface area is 269 Å². The van der Waals surface area contributed by atoms with E-state index in [2.05, 4.69) is 4.84 Å². The van der Waals surface area contributed by atoms with Crippen LogP contribution >= 0.6 is 0 Å². The van der Waals surface area contributed by atoms with Crippen LogP contribution < -0.4 is 0 Å². The van der Waals surface area contributed by atoms with Crippen LogP contribution in [0.25, 0.3) is 22.3 Å². The Morgan fingerprint density at radius 3 is 1.98 bits per heavy atom. The lowest BCUT2D eigenvalue weighted by Crippen LogP contribution is -2.37. The fraction of sp³-hybridized carbons (Fsp3) is 0.314. The summed E-state index contributed by atoms with van der Waals surface area (Å²) in [6, 6.07) is 21.6. The maximum absolute atomic E-state index is 14.5. The molecule has 0 spiro atoms. The number of aliphatic hydroxyl groups excluding tert-OH is 2. The minimum atomic E-state index is -5.20. The number of aliphatic carboxylic acids is 1. The van der Waals surface area contributed by atoms with E-state index < -0.39 is 55.3 Å². The number of aromatic nitrogens is 1. The SMILES string of the molecule is CC(C)n1c(CCC(O)CC(O)CC(=O)O)c(-c2ccc(F)cc2)c(-c2ccccc2)c1C(=O)N(Cc1ccccc1)OC(F)(F)F. The summed E-state index contributed by atoms with van der Waals surface area (Å²) in [5.74, 6) is -2.83. The molecule has 0 saturated carbocycles. The van der Waals surface area contributed by atoms with Gasteiger partial charge in [0.05, 0.1) is 25.2 Å². The van der Waals surface area contributed by atoms with E-state index in [4.69, 9.17) is 5.11 Å². The molecule has 47 heavy (non-hydrogen) atoms. The number of carboxylic acid groups (broad SMARTS) is 1. The zero-order valence-corrected chi connectivity index (χ0v) is 25.8. The van der Waals surface area contributed by atoms with Gasteiger partial charge in [0.15, 0.2) is 0 Å². The number of aliphatic hydroxyl groups is 2. The molecular formula is C35H36F4N2O6. The van der Waals surface area contributed by atoms with Crippen LogP contribution in [-0.2, 0) is 22.6 Å². The van der Waals surface area contributed by atoms with E-state index in [0.29, 0.717) is 27.9 Å². The van der Waals surface area contributed by atoms with Gasteiger partial charge in [-0.05, 0) is 61.9 Å². The highest BCUT2D eigenvalue weighted by molar-refractivity contribution is 6.05. The van der Waals surface area contributed by atoms with Crippen molar-refractivity contribution in [2.24, 2.45) is 0 Å². The minimum Gasteiger partial charge on any atom is -0.481 e. The summed E-state index contributed by atoms with van der Waals surface area (Å²) in [4.78, 5) is 29.8. The second-order valence-corrected chi connectivity index (χ2v) is 11.4. The zero-order chi connectivity index (χ0) is 34.3. The number of benzene rings is 3. The van der Waals surface area contributed by atoms with Gasteiger partial charge in [0.1, 0.15) is 11.5 Å². The Balaban J connectivity index is 1.96. The van der Waals surface area contributed by atoms with Gasteiger partial charge < -0.3 is 19.9 Å². The molecular weight excluding hydrogens is 620 g/mol. The van der Waals surface area contributed by atoms with Crippen LogP contribution in [0, 0.1) is 5.82 Å². The van der Waals surface area contributed by atoms with E-state index in [9.17, 15) is 37.4 Å². The van der Waals surface area contributed by atoms with E-state index >= 15 is 0 Å². The standard InChI is InChI=1S/C35H36F4N2O6/c1-22(2)41-29(18-17-27(42)19-28(43)20-30(44)45)31(25-13-15-26(36)16-14-25)32(24-11-7-4-8-12-24)33(41)34(46)40(47-35(37,38)39)21-23-9-5-3-6-10-23/h3-16,22,27-28,42-43H,17-21H2,1-2H3,(H,44,45). The molecule has 4 rings (SSSR count). The van der Waals surface area contributed by atoms with Crippen LogP contribution in [0.2, 0.25) is 0 Å². The lowest BCUT2D eigenvalue weighted by Gasteiger charge is -2.26. The van der Waals surface area contributed by atoms with Crippen LogP contribution in [-0.4, -0.2) is 55.4 Å². The first-order valence-electron chi connectivity index (χ1n) is 15.0. The van der Waals surface area contributed by atoms with Crippen LogP contribution in [0.5, 0.6) is 0 Å². The Morgan fingerprint density at radius 1 is 0.851 bits per heavy atom. The number of alkyl halides is 3. The number of nitrogens with zero attached hydrogens (tertiary/aromatic N) is 2. The molecule has 1 amide bonds. The third-order valence-electron chi connectivity index (χ3n) is 7.50. The number of carbonyl (C=O) groups excluding carboxylic acids is 1. The Bertz CT molecular complexity index is 1640. The third-order valence-corrected chi connectivity index (χ3v) is 7.50. The van der Waals surface area contributed by atoms with Gasteiger partial charge in [-0.25, -0.2) is 9.45 Å². The van der Waals surface area contributed by atoms with E-state index in [1.807, 2.05) is 0 Å². The smallest absolute Gasteiger partial charge is 0.481 e. The molecule has 0 aliphatic heterocycles. The van der Waals surface area contributed by atoms with E-state index in [0.717, 1.165) is 0 Å². The molecule has 4 aromatic rings. The number of halogens is 4. The largest absolute Gasteiger partial charge is 0.544 e. The molecule has 0 fully saturated rings. The minimum absolute atomic E-state index is 0.0102. The van der Waals surface area contributed by atoms with Crippen LogP contribution in [0.1, 0.15) is 60.9 Å². The first-order valence-corrected chi connectivity index (χ1v) is 15.0. The van der Waals surface area contributed by atoms with Crippen molar-refractivity contribution in [2.75, 3.05) is 0 Å². The van der Waals surface area contributed by atoms with Crippen molar-refractivity contribution in [1.82, 2.24) is 9.63 Å². The van der Waals surface area contributed by atoms with E-state index in [1.165, 1.54) is 24.3 Å². The molecule has 2 unspecified atom stereocenters. The summed E-state index contributed by atoms with van der Waals surface area (Å²) in [6.45, 7) is 2.98. The lowest BCUT2D eigenvalue weighted by atomic mass is 9.92. The molecule has 3 N–H and O–H groups in total. The molecule has 0 aliphatic carbocycles. The molecule has 0 radical (unpaired) electrons. The predicted molar refractivity (Wildman–Crippen MR) is 166 cm³/mol. The van der Waals surface area contributed by atoms with Crippen molar-refractivity contribution in [2.45, 2.75) is 70.7 Å². The predicted octanol–water partition coefficient (Wildman–Crippen LogP) is 7.16. The number of carbonyl (C=O) groups is 2. The fourth-order valence-electron chi connectivity index (χ4n) is 5.64. The van der Waals surface area contributed by atoms with Crippen molar-refractivity contribution in [3.05, 3.63) is 108 Å². The highest BCUT2D eigenvalue weighted by Gasteiger charge is 2.39. The quantitative estimate of drug-likeness (QED) is 0.0982. The number of rotatable bonds is 14. The Hall–Kier alpha value is -4.52. The van der Waals surface area contributed by atoms with Crippen LogP contribution in [0.4, 0.5) is 17.6 Å². The molecule has 3 aromatic carbocycles. The van der Waals surface area contributed by atoms with Gasteiger partial charge in [-0.3, -0.25) is 9.59 Å². The van der Waals surface area contributed by atoms with Crippen molar-refractivity contribution in [3.63, 3.8) is 0 Å². The van der Waals surface area contributed by atoms with Gasteiger partial charge in [0.2, 0.25) is 0 Å². The van der Waals surface area contributed by atoms with Gasteiger partial charge in [-0.1, -0.05) is 72.8 Å². The van der Waals surface area contributed by atoms with Crippen molar-refractivity contribution >= 4 is 11.9 Å².